The van der Waals surface area contributed by atoms with Crippen molar-refractivity contribution < 1.29 is 4.79 Å². The normalized spacial score (nSPS) is 16.4. The standard InChI is InChI=1S/C11H16O/c1-9(2)11(12)8-10-6-4-3-5-7-10/h4,6-7,9H,3,5,8H2,1-2H3. The highest BCUT2D eigenvalue weighted by Crippen LogP contribution is 2.15. The Morgan fingerprint density at radius 3 is 2.75 bits per heavy atom. The van der Waals surface area contributed by atoms with Crippen molar-refractivity contribution in [3.8, 4) is 0 Å². The topological polar surface area (TPSA) is 17.1 Å². The third-order valence-corrected chi connectivity index (χ3v) is 2.09. The fourth-order valence-corrected chi connectivity index (χ4v) is 1.20. The maximum absolute atomic E-state index is 11.3. The number of ketones is 1. The van der Waals surface area contributed by atoms with Gasteiger partial charge in [-0.2, -0.15) is 0 Å². The third kappa shape index (κ3) is 2.65. The zero-order valence-corrected chi connectivity index (χ0v) is 7.84. The van der Waals surface area contributed by atoms with E-state index >= 15 is 0 Å². The minimum Gasteiger partial charge on any atom is -0.299 e. The third-order valence-electron chi connectivity index (χ3n) is 2.09. The van der Waals surface area contributed by atoms with E-state index in [0.29, 0.717) is 12.2 Å². The van der Waals surface area contributed by atoms with Crippen molar-refractivity contribution in [3.63, 3.8) is 0 Å². The van der Waals surface area contributed by atoms with Crippen LogP contribution in [0.2, 0.25) is 0 Å². The number of hydrogen-bond donors (Lipinski definition) is 0. The molecule has 1 aliphatic rings. The first-order chi connectivity index (χ1) is 5.70. The largest absolute Gasteiger partial charge is 0.299 e. The molecular formula is C11H16O. The van der Waals surface area contributed by atoms with Gasteiger partial charge < -0.3 is 0 Å². The van der Waals surface area contributed by atoms with E-state index in [1.54, 1.807) is 0 Å². The summed E-state index contributed by atoms with van der Waals surface area (Å²) in [5.74, 6) is 0.508. The minimum absolute atomic E-state index is 0.168. The lowest BCUT2D eigenvalue weighted by molar-refractivity contribution is -0.121. The molecule has 0 radical (unpaired) electrons. The summed E-state index contributed by atoms with van der Waals surface area (Å²) in [6.07, 6.45) is 9.22. The second kappa shape index (κ2) is 4.24. The Labute approximate surface area is 74.2 Å². The van der Waals surface area contributed by atoms with Gasteiger partial charge in [-0.05, 0) is 18.4 Å². The summed E-state index contributed by atoms with van der Waals surface area (Å²) in [5, 5.41) is 0. The van der Waals surface area contributed by atoms with Crippen LogP contribution in [0, 0.1) is 5.92 Å². The maximum Gasteiger partial charge on any atom is 0.139 e. The van der Waals surface area contributed by atoms with Gasteiger partial charge in [0.2, 0.25) is 0 Å². The molecule has 0 atom stereocenters. The van der Waals surface area contributed by atoms with Crippen molar-refractivity contribution in [2.75, 3.05) is 0 Å². The van der Waals surface area contributed by atoms with E-state index in [4.69, 9.17) is 0 Å². The lowest BCUT2D eigenvalue weighted by Crippen LogP contribution is -2.07. The Hall–Kier alpha value is -0.850. The number of hydrogen-bond acceptors (Lipinski definition) is 1. The van der Waals surface area contributed by atoms with Gasteiger partial charge in [0.05, 0.1) is 0 Å². The zero-order valence-electron chi connectivity index (χ0n) is 7.84. The number of Topliss-reactive ketones (excluding diaryl/α,β-unsaturated/α-hetero) is 1. The van der Waals surface area contributed by atoms with Gasteiger partial charge in [-0.3, -0.25) is 4.79 Å². The average Bonchev–Trinajstić information content (AvgIpc) is 2.06. The molecule has 0 aliphatic heterocycles. The molecular weight excluding hydrogens is 148 g/mol. The molecule has 0 spiro atoms. The SMILES string of the molecule is CC(C)C(=O)CC1=CCCC=C1. The van der Waals surface area contributed by atoms with Crippen LogP contribution in [-0.2, 0) is 4.79 Å². The molecule has 0 saturated heterocycles. The highest BCUT2D eigenvalue weighted by molar-refractivity contribution is 5.83. The van der Waals surface area contributed by atoms with Crippen LogP contribution in [0.25, 0.3) is 0 Å². The molecule has 66 valence electrons. The molecule has 0 heterocycles. The van der Waals surface area contributed by atoms with Crippen LogP contribution in [0.5, 0.6) is 0 Å². The van der Waals surface area contributed by atoms with E-state index in [2.05, 4.69) is 18.2 Å². The van der Waals surface area contributed by atoms with Crippen molar-refractivity contribution in [2.45, 2.75) is 33.1 Å². The maximum atomic E-state index is 11.3. The quantitative estimate of drug-likeness (QED) is 0.626. The molecule has 0 unspecified atom stereocenters. The Morgan fingerprint density at radius 1 is 1.50 bits per heavy atom. The monoisotopic (exact) mass is 164 g/mol. The van der Waals surface area contributed by atoms with Crippen LogP contribution in [0.15, 0.2) is 23.8 Å². The lowest BCUT2D eigenvalue weighted by Gasteiger charge is -2.07. The molecule has 0 aromatic heterocycles. The highest BCUT2D eigenvalue weighted by Gasteiger charge is 2.08. The van der Waals surface area contributed by atoms with Crippen LogP contribution in [0.4, 0.5) is 0 Å². The van der Waals surface area contributed by atoms with E-state index < -0.39 is 0 Å². The summed E-state index contributed by atoms with van der Waals surface area (Å²) in [5.41, 5.74) is 1.19. The zero-order chi connectivity index (χ0) is 8.97. The van der Waals surface area contributed by atoms with E-state index in [0.717, 1.165) is 12.8 Å². The predicted molar refractivity (Wildman–Crippen MR) is 50.9 cm³/mol. The summed E-state index contributed by atoms with van der Waals surface area (Å²) in [7, 11) is 0. The van der Waals surface area contributed by atoms with Gasteiger partial charge in [0.1, 0.15) is 5.78 Å². The van der Waals surface area contributed by atoms with Crippen LogP contribution < -0.4 is 0 Å². The van der Waals surface area contributed by atoms with Gasteiger partial charge in [-0.15, -0.1) is 0 Å². The molecule has 0 aromatic rings. The van der Waals surface area contributed by atoms with Gasteiger partial charge >= 0.3 is 0 Å². The van der Waals surface area contributed by atoms with E-state index in [1.165, 1.54) is 5.57 Å². The molecule has 1 aliphatic carbocycles. The van der Waals surface area contributed by atoms with Crippen LogP contribution in [-0.4, -0.2) is 5.78 Å². The van der Waals surface area contributed by atoms with Crippen LogP contribution in [0.1, 0.15) is 33.1 Å². The molecule has 12 heavy (non-hydrogen) atoms. The number of carbonyl (C=O) groups is 1. The van der Waals surface area contributed by atoms with Crippen molar-refractivity contribution in [1.29, 1.82) is 0 Å². The van der Waals surface area contributed by atoms with Crippen molar-refractivity contribution >= 4 is 5.78 Å². The second-order valence-electron chi connectivity index (χ2n) is 3.56. The summed E-state index contributed by atoms with van der Waals surface area (Å²) in [4.78, 5) is 11.3. The first kappa shape index (κ1) is 9.24. The Morgan fingerprint density at radius 2 is 2.25 bits per heavy atom. The van der Waals surface area contributed by atoms with Crippen molar-refractivity contribution in [1.82, 2.24) is 0 Å². The molecule has 0 bridgehead atoms. The Kier molecular flexibility index (Phi) is 3.27. The molecule has 0 fully saturated rings. The first-order valence-corrected chi connectivity index (χ1v) is 4.58. The Bertz CT molecular complexity index is 221. The van der Waals surface area contributed by atoms with E-state index in [9.17, 15) is 4.79 Å². The predicted octanol–water partition coefficient (Wildman–Crippen LogP) is 2.88. The van der Waals surface area contributed by atoms with Gasteiger partial charge in [0.25, 0.3) is 0 Å². The average molecular weight is 164 g/mol. The number of carbonyl (C=O) groups excluding carboxylic acids is 1. The van der Waals surface area contributed by atoms with Crippen LogP contribution in [0.3, 0.4) is 0 Å². The van der Waals surface area contributed by atoms with Crippen molar-refractivity contribution in [2.24, 2.45) is 5.92 Å². The molecule has 1 nitrogen and oxygen atoms in total. The molecule has 0 saturated carbocycles. The lowest BCUT2D eigenvalue weighted by atomic mass is 9.97. The summed E-state index contributed by atoms with van der Waals surface area (Å²) in [6, 6.07) is 0. The minimum atomic E-state index is 0.168. The molecule has 0 amide bonds. The summed E-state index contributed by atoms with van der Waals surface area (Å²) in [6.45, 7) is 3.91. The van der Waals surface area contributed by atoms with Crippen LogP contribution >= 0.6 is 0 Å². The molecule has 0 N–H and O–H groups in total. The highest BCUT2D eigenvalue weighted by atomic mass is 16.1. The second-order valence-corrected chi connectivity index (χ2v) is 3.56. The molecule has 1 heteroatoms. The first-order valence-electron chi connectivity index (χ1n) is 4.58. The van der Waals surface area contributed by atoms with E-state index in [1.807, 2.05) is 13.8 Å². The number of rotatable bonds is 3. The van der Waals surface area contributed by atoms with Gasteiger partial charge in [-0.25, -0.2) is 0 Å². The number of allylic oxidation sites excluding steroid dienone is 4. The molecule has 0 aromatic carbocycles. The summed E-state index contributed by atoms with van der Waals surface area (Å²) >= 11 is 0. The van der Waals surface area contributed by atoms with E-state index in [-0.39, 0.29) is 5.92 Å². The Balaban J connectivity index is 2.46. The van der Waals surface area contributed by atoms with Gasteiger partial charge in [-0.1, -0.05) is 32.1 Å². The fraction of sp³-hybridized carbons (Fsp3) is 0.545. The van der Waals surface area contributed by atoms with Gasteiger partial charge in [0.15, 0.2) is 0 Å². The molecule has 1 rings (SSSR count). The smallest absolute Gasteiger partial charge is 0.139 e. The summed E-state index contributed by atoms with van der Waals surface area (Å²) < 4.78 is 0. The fourth-order valence-electron chi connectivity index (χ4n) is 1.20. The van der Waals surface area contributed by atoms with Gasteiger partial charge in [0, 0.05) is 12.3 Å². The van der Waals surface area contributed by atoms with Crippen molar-refractivity contribution in [3.05, 3.63) is 23.8 Å².